The van der Waals surface area contributed by atoms with Gasteiger partial charge in [0, 0.05) is 6.07 Å². The van der Waals surface area contributed by atoms with E-state index < -0.39 is 0 Å². The largest absolute Gasteiger partial charge is 0.307 e. The van der Waals surface area contributed by atoms with Gasteiger partial charge in [-0.15, -0.1) is 0 Å². The second-order valence-electron chi connectivity index (χ2n) is 5.06. The molecule has 2 aromatic heterocycles. The Hall–Kier alpha value is -1.78. The van der Waals surface area contributed by atoms with Crippen molar-refractivity contribution in [1.82, 2.24) is 14.8 Å². The van der Waals surface area contributed by atoms with Crippen LogP contribution in [0.15, 0.2) is 15.7 Å². The van der Waals surface area contributed by atoms with Crippen molar-refractivity contribution >= 4 is 11.0 Å². The molecule has 104 valence electrons. The van der Waals surface area contributed by atoms with Crippen LogP contribution in [0.25, 0.3) is 11.0 Å². The van der Waals surface area contributed by atoms with Crippen LogP contribution in [0, 0.1) is 6.92 Å². The Labute approximate surface area is 111 Å². The van der Waals surface area contributed by atoms with Crippen molar-refractivity contribution in [3.63, 3.8) is 0 Å². The number of aryl methyl sites for hydroxylation is 1. The van der Waals surface area contributed by atoms with Gasteiger partial charge in [-0.3, -0.25) is 19.4 Å². The Balaban J connectivity index is 2.60. The summed E-state index contributed by atoms with van der Waals surface area (Å²) in [6, 6.07) is 1.69. The van der Waals surface area contributed by atoms with Crippen LogP contribution in [0.1, 0.15) is 51.1 Å². The molecule has 0 fully saturated rings. The highest BCUT2D eigenvalue weighted by atomic mass is 16.1. The van der Waals surface area contributed by atoms with Gasteiger partial charge >= 0.3 is 0 Å². The van der Waals surface area contributed by atoms with Gasteiger partial charge in [0.1, 0.15) is 5.65 Å². The Kier molecular flexibility index (Phi) is 3.93. The molecule has 0 spiro atoms. The summed E-state index contributed by atoms with van der Waals surface area (Å²) in [6.45, 7) is 6.04. The summed E-state index contributed by atoms with van der Waals surface area (Å²) in [5.41, 5.74) is 1.06. The zero-order valence-corrected chi connectivity index (χ0v) is 11.7. The molecule has 0 aliphatic heterocycles. The minimum Gasteiger partial charge on any atom is -0.307 e. The molecular weight excluding hydrogens is 242 g/mol. The highest BCUT2D eigenvalue weighted by Gasteiger charge is 2.16. The van der Waals surface area contributed by atoms with E-state index in [1.165, 1.54) is 6.07 Å². The van der Waals surface area contributed by atoms with Gasteiger partial charge in [-0.1, -0.05) is 26.7 Å². The number of hydrogen-bond acceptors (Lipinski definition) is 2. The monoisotopic (exact) mass is 263 g/mol. The van der Waals surface area contributed by atoms with Gasteiger partial charge in [-0.25, -0.2) is 0 Å². The van der Waals surface area contributed by atoms with Gasteiger partial charge in [-0.05, 0) is 25.3 Å². The van der Waals surface area contributed by atoms with Crippen molar-refractivity contribution in [2.75, 3.05) is 0 Å². The molecule has 1 unspecified atom stereocenters. The van der Waals surface area contributed by atoms with E-state index in [0.29, 0.717) is 11.0 Å². The lowest BCUT2D eigenvalue weighted by Gasteiger charge is -2.16. The third kappa shape index (κ3) is 2.50. The lowest BCUT2D eigenvalue weighted by atomic mass is 10.1. The average molecular weight is 263 g/mol. The van der Waals surface area contributed by atoms with Crippen molar-refractivity contribution < 1.29 is 0 Å². The minimum absolute atomic E-state index is 0.126. The molecule has 0 amide bonds. The predicted molar refractivity (Wildman–Crippen MR) is 76.8 cm³/mol. The smallest absolute Gasteiger partial charge is 0.273 e. The Morgan fingerprint density at radius 3 is 2.68 bits per heavy atom. The summed E-state index contributed by atoms with van der Waals surface area (Å²) in [4.78, 5) is 26.4. The second kappa shape index (κ2) is 5.47. The van der Waals surface area contributed by atoms with Crippen LogP contribution in [0.5, 0.6) is 0 Å². The topological polar surface area (TPSA) is 70.7 Å². The van der Waals surface area contributed by atoms with Crippen molar-refractivity contribution in [2.45, 2.75) is 52.5 Å². The first-order valence-electron chi connectivity index (χ1n) is 6.92. The third-order valence-electron chi connectivity index (χ3n) is 3.64. The predicted octanol–water partition coefficient (Wildman–Crippen LogP) is 2.47. The highest BCUT2D eigenvalue weighted by Crippen LogP contribution is 2.21. The third-order valence-corrected chi connectivity index (χ3v) is 3.64. The SMILES string of the molecule is CCCCC(CC)n1[nH]c(=O)c2c(C)cc(=O)[nH]c21. The molecule has 0 aliphatic rings. The van der Waals surface area contributed by atoms with Gasteiger partial charge in [0.15, 0.2) is 0 Å². The maximum atomic E-state index is 12.0. The molecule has 19 heavy (non-hydrogen) atoms. The number of pyridine rings is 1. The summed E-state index contributed by atoms with van der Waals surface area (Å²) in [5, 5.41) is 3.46. The van der Waals surface area contributed by atoms with Crippen LogP contribution in [-0.4, -0.2) is 14.8 Å². The first-order valence-corrected chi connectivity index (χ1v) is 6.92. The molecule has 2 rings (SSSR count). The van der Waals surface area contributed by atoms with E-state index in [4.69, 9.17) is 0 Å². The molecule has 2 N–H and O–H groups in total. The number of rotatable bonds is 5. The van der Waals surface area contributed by atoms with Crippen LogP contribution in [0.3, 0.4) is 0 Å². The van der Waals surface area contributed by atoms with E-state index in [0.717, 1.165) is 31.2 Å². The number of H-pyrrole nitrogens is 2. The maximum Gasteiger partial charge on any atom is 0.273 e. The van der Waals surface area contributed by atoms with E-state index in [-0.39, 0.29) is 17.2 Å². The molecule has 2 heterocycles. The first kappa shape index (κ1) is 13.6. The molecule has 0 aromatic carbocycles. The van der Waals surface area contributed by atoms with Gasteiger partial charge in [0.25, 0.3) is 5.56 Å². The summed E-state index contributed by atoms with van der Waals surface area (Å²) in [5.74, 6) is 0. The van der Waals surface area contributed by atoms with E-state index in [2.05, 4.69) is 23.9 Å². The van der Waals surface area contributed by atoms with Crippen LogP contribution >= 0.6 is 0 Å². The van der Waals surface area contributed by atoms with Crippen LogP contribution in [0.2, 0.25) is 0 Å². The Morgan fingerprint density at radius 1 is 1.32 bits per heavy atom. The quantitative estimate of drug-likeness (QED) is 0.870. The zero-order chi connectivity index (χ0) is 14.0. The lowest BCUT2D eigenvalue weighted by molar-refractivity contribution is 0.407. The fourth-order valence-corrected chi connectivity index (χ4v) is 2.59. The van der Waals surface area contributed by atoms with Crippen LogP contribution < -0.4 is 11.1 Å². The normalized spacial score (nSPS) is 13.0. The fraction of sp³-hybridized carbons (Fsp3) is 0.571. The molecule has 2 aromatic rings. The molecule has 1 atom stereocenters. The maximum absolute atomic E-state index is 12.0. The molecular formula is C14H21N3O2. The first-order chi connectivity index (χ1) is 9.08. The van der Waals surface area contributed by atoms with Gasteiger partial charge < -0.3 is 4.98 Å². The van der Waals surface area contributed by atoms with Crippen LogP contribution in [-0.2, 0) is 0 Å². The molecule has 0 aliphatic carbocycles. The van der Waals surface area contributed by atoms with Crippen LogP contribution in [0.4, 0.5) is 0 Å². The highest BCUT2D eigenvalue weighted by molar-refractivity contribution is 5.77. The number of nitrogens with zero attached hydrogens (tertiary/aromatic N) is 1. The Bertz CT molecular complexity index is 678. The number of aromatic nitrogens is 3. The summed E-state index contributed by atoms with van der Waals surface area (Å²) in [7, 11) is 0. The second-order valence-corrected chi connectivity index (χ2v) is 5.06. The van der Waals surface area contributed by atoms with E-state index in [1.54, 1.807) is 6.92 Å². The summed E-state index contributed by atoms with van der Waals surface area (Å²) >= 11 is 0. The summed E-state index contributed by atoms with van der Waals surface area (Å²) in [6.07, 6.45) is 4.16. The molecule has 0 saturated heterocycles. The number of hydrogen-bond donors (Lipinski definition) is 2. The molecule has 0 bridgehead atoms. The minimum atomic E-state index is -0.164. The fourth-order valence-electron chi connectivity index (χ4n) is 2.59. The lowest BCUT2D eigenvalue weighted by Crippen LogP contribution is -2.14. The van der Waals surface area contributed by atoms with Crippen molar-refractivity contribution in [3.8, 4) is 0 Å². The number of nitrogens with one attached hydrogen (secondary N) is 2. The molecule has 5 heteroatoms. The van der Waals surface area contributed by atoms with E-state index in [1.807, 2.05) is 4.68 Å². The van der Waals surface area contributed by atoms with Gasteiger partial charge in [0.05, 0.1) is 11.4 Å². The van der Waals surface area contributed by atoms with E-state index in [9.17, 15) is 9.59 Å². The number of aromatic amines is 2. The van der Waals surface area contributed by atoms with Crippen molar-refractivity contribution in [1.29, 1.82) is 0 Å². The molecule has 0 saturated carbocycles. The van der Waals surface area contributed by atoms with Gasteiger partial charge in [0.2, 0.25) is 5.56 Å². The van der Waals surface area contributed by atoms with Crippen molar-refractivity contribution in [3.05, 3.63) is 32.3 Å². The average Bonchev–Trinajstić information content (AvgIpc) is 2.68. The molecule has 0 radical (unpaired) electrons. The van der Waals surface area contributed by atoms with E-state index >= 15 is 0 Å². The zero-order valence-electron chi connectivity index (χ0n) is 11.7. The van der Waals surface area contributed by atoms with Crippen molar-refractivity contribution in [2.24, 2.45) is 0 Å². The number of fused-ring (bicyclic) bond motifs is 1. The van der Waals surface area contributed by atoms with Gasteiger partial charge in [-0.2, -0.15) is 0 Å². The Morgan fingerprint density at radius 2 is 2.05 bits per heavy atom. The molecule has 5 nitrogen and oxygen atoms in total. The summed E-state index contributed by atoms with van der Waals surface area (Å²) < 4.78 is 1.84. The number of unbranched alkanes of at least 4 members (excludes halogenated alkanes) is 1. The standard InChI is InChI=1S/C14H21N3O2/c1-4-6-7-10(5-2)17-13-12(14(19)16-17)9(3)8-11(18)15-13/h8,10H,4-7H2,1-3H3,(H,15,18)(H,16,19).